The molecule has 2 aromatic heterocycles. The molecule has 0 saturated carbocycles. The van der Waals surface area contributed by atoms with E-state index in [9.17, 15) is 4.39 Å². The second-order valence-electron chi connectivity index (χ2n) is 10.8. The minimum absolute atomic E-state index is 0.214. The van der Waals surface area contributed by atoms with E-state index in [1.165, 1.54) is 50.9 Å². The van der Waals surface area contributed by atoms with E-state index in [1.54, 1.807) is 0 Å². The second-order valence-corrected chi connectivity index (χ2v) is 10.8. The molecule has 0 amide bonds. The third kappa shape index (κ3) is 5.10. The maximum atomic E-state index is 13.3. The first kappa shape index (κ1) is 27.2. The van der Waals surface area contributed by atoms with Crippen molar-refractivity contribution >= 4 is 21.8 Å². The summed E-state index contributed by atoms with van der Waals surface area (Å²) in [7, 11) is 0. The Kier molecular flexibility index (Phi) is 7.35. The first-order chi connectivity index (χ1) is 21.7. The number of fused-ring (bicyclic) bond motifs is 2. The minimum atomic E-state index is -0.214. The van der Waals surface area contributed by atoms with Crippen LogP contribution in [0.1, 0.15) is 5.56 Å². The summed E-state index contributed by atoms with van der Waals surface area (Å²) in [5.41, 5.74) is 10.5. The van der Waals surface area contributed by atoms with Crippen molar-refractivity contribution in [2.75, 3.05) is 0 Å². The normalized spacial score (nSPS) is 11.0. The Labute approximate surface area is 256 Å². The first-order valence-corrected chi connectivity index (χ1v) is 14.8. The highest BCUT2D eigenvalue weighted by Gasteiger charge is 2.17. The van der Waals surface area contributed by atoms with Crippen LogP contribution in [0.3, 0.4) is 0 Å². The number of nitrogens with zero attached hydrogens (tertiary/aromatic N) is 2. The van der Waals surface area contributed by atoms with Crippen molar-refractivity contribution in [2.45, 2.75) is 6.92 Å². The molecule has 0 spiro atoms. The lowest BCUT2D eigenvalue weighted by atomic mass is 10.1. The molecule has 3 heteroatoms. The molecule has 0 bridgehead atoms. The Morgan fingerprint density at radius 3 is 1.64 bits per heavy atom. The largest absolute Gasteiger partial charge is 0.309 e. The Morgan fingerprint density at radius 2 is 0.977 bits per heavy atom. The Morgan fingerprint density at radius 1 is 0.455 bits per heavy atom. The predicted molar refractivity (Wildman–Crippen MR) is 182 cm³/mol. The predicted octanol–water partition coefficient (Wildman–Crippen LogP) is 11.0. The fraction of sp³-hybridized carbons (Fsp3) is 0.0244. The maximum Gasteiger partial charge on any atom is 0.123 e. The van der Waals surface area contributed by atoms with Gasteiger partial charge in [0.1, 0.15) is 5.82 Å². The van der Waals surface area contributed by atoms with Gasteiger partial charge in [0.15, 0.2) is 0 Å². The van der Waals surface area contributed by atoms with Crippen LogP contribution in [0.25, 0.3) is 55.7 Å². The van der Waals surface area contributed by atoms with Crippen molar-refractivity contribution in [3.8, 4) is 33.9 Å². The van der Waals surface area contributed by atoms with Gasteiger partial charge < -0.3 is 9.13 Å². The van der Waals surface area contributed by atoms with E-state index in [0.717, 1.165) is 22.5 Å². The molecule has 44 heavy (non-hydrogen) atoms. The Balaban J connectivity index is 0.000000143. The summed E-state index contributed by atoms with van der Waals surface area (Å²) in [5.74, 6) is -0.214. The lowest BCUT2D eigenvalue weighted by Crippen LogP contribution is -1.97. The van der Waals surface area contributed by atoms with E-state index in [4.69, 9.17) is 0 Å². The zero-order valence-corrected chi connectivity index (χ0v) is 24.4. The van der Waals surface area contributed by atoms with E-state index in [2.05, 4.69) is 143 Å². The van der Waals surface area contributed by atoms with E-state index < -0.39 is 0 Å². The molecule has 0 saturated heterocycles. The molecule has 0 atom stereocenters. The van der Waals surface area contributed by atoms with Crippen LogP contribution in [0.15, 0.2) is 170 Å². The van der Waals surface area contributed by atoms with Crippen molar-refractivity contribution in [1.82, 2.24) is 9.13 Å². The number of halogens is 1. The van der Waals surface area contributed by atoms with E-state index in [1.807, 2.05) is 30.3 Å². The Bertz CT molecular complexity index is 2160. The van der Waals surface area contributed by atoms with Gasteiger partial charge in [-0.05, 0) is 90.3 Å². The first-order valence-electron chi connectivity index (χ1n) is 14.8. The summed E-state index contributed by atoms with van der Waals surface area (Å²) in [6.45, 7) is 2.13. The monoisotopic (exact) mass is 570 g/mol. The van der Waals surface area contributed by atoms with Gasteiger partial charge in [0.05, 0.1) is 22.4 Å². The van der Waals surface area contributed by atoms with Crippen LogP contribution in [0.4, 0.5) is 4.39 Å². The quantitative estimate of drug-likeness (QED) is 0.199. The third-order valence-corrected chi connectivity index (χ3v) is 8.05. The van der Waals surface area contributed by atoms with Gasteiger partial charge >= 0.3 is 0 Å². The molecule has 2 nitrogen and oxygen atoms in total. The van der Waals surface area contributed by atoms with Crippen LogP contribution in [0.5, 0.6) is 0 Å². The van der Waals surface area contributed by atoms with Gasteiger partial charge in [0, 0.05) is 22.1 Å². The standard InChI is InChI=1S/C21H16FN.C20H15N/c1-15-19-9-5-6-10-20(19)23(18-7-3-2-4-8-18)21(15)16-11-13-17(22)14-12-16;1-3-9-16(10-4-1)20-15-17-11-7-8-14-19(17)21(20)18-12-5-2-6-13-18/h2-14H,1H3;1-15H. The second kappa shape index (κ2) is 11.9. The van der Waals surface area contributed by atoms with Gasteiger partial charge in [0.25, 0.3) is 0 Å². The van der Waals surface area contributed by atoms with Crippen molar-refractivity contribution in [2.24, 2.45) is 0 Å². The van der Waals surface area contributed by atoms with Crippen molar-refractivity contribution in [1.29, 1.82) is 0 Å². The van der Waals surface area contributed by atoms with Crippen LogP contribution in [0, 0.1) is 12.7 Å². The molecular weight excluding hydrogens is 539 g/mol. The Hall–Kier alpha value is -5.67. The number of rotatable bonds is 4. The van der Waals surface area contributed by atoms with E-state index in [-0.39, 0.29) is 5.82 Å². The summed E-state index contributed by atoms with van der Waals surface area (Å²) >= 11 is 0. The summed E-state index contributed by atoms with van der Waals surface area (Å²) in [5, 5.41) is 2.48. The van der Waals surface area contributed by atoms with Crippen LogP contribution in [-0.2, 0) is 0 Å². The van der Waals surface area contributed by atoms with Crippen LogP contribution < -0.4 is 0 Å². The number of hydrogen-bond donors (Lipinski definition) is 0. The highest BCUT2D eigenvalue weighted by Crippen LogP contribution is 2.36. The summed E-state index contributed by atoms with van der Waals surface area (Å²) in [4.78, 5) is 0. The van der Waals surface area contributed by atoms with Gasteiger partial charge in [-0.1, -0.05) is 103 Å². The topological polar surface area (TPSA) is 9.86 Å². The highest BCUT2D eigenvalue weighted by molar-refractivity contribution is 5.93. The molecule has 0 radical (unpaired) electrons. The molecule has 0 unspecified atom stereocenters. The molecule has 8 rings (SSSR count). The highest BCUT2D eigenvalue weighted by atomic mass is 19.1. The molecule has 0 N–H and O–H groups in total. The van der Waals surface area contributed by atoms with E-state index in [0.29, 0.717) is 0 Å². The minimum Gasteiger partial charge on any atom is -0.309 e. The number of aryl methyl sites for hydroxylation is 1. The zero-order chi connectivity index (χ0) is 29.9. The van der Waals surface area contributed by atoms with Crippen molar-refractivity contribution < 1.29 is 4.39 Å². The van der Waals surface area contributed by atoms with Gasteiger partial charge in [-0.2, -0.15) is 0 Å². The zero-order valence-electron chi connectivity index (χ0n) is 24.4. The number of benzene rings is 6. The summed E-state index contributed by atoms with van der Waals surface area (Å²) < 4.78 is 17.9. The molecule has 8 aromatic rings. The third-order valence-electron chi connectivity index (χ3n) is 8.05. The molecule has 6 aromatic carbocycles. The fourth-order valence-corrected chi connectivity index (χ4v) is 6.03. The number of aromatic nitrogens is 2. The molecule has 0 aliphatic rings. The lowest BCUT2D eigenvalue weighted by molar-refractivity contribution is 0.628. The molecule has 212 valence electrons. The number of hydrogen-bond acceptors (Lipinski definition) is 0. The molecule has 2 heterocycles. The van der Waals surface area contributed by atoms with Crippen molar-refractivity contribution in [3.63, 3.8) is 0 Å². The SMILES string of the molecule is Cc1c(-c2ccc(F)cc2)n(-c2ccccc2)c2ccccc12.c1ccc(-c2cc3ccccc3n2-c2ccccc2)cc1. The summed E-state index contributed by atoms with van der Waals surface area (Å²) in [6, 6.07) is 57.2. The molecular formula is C41H31FN2. The average molecular weight is 571 g/mol. The van der Waals surface area contributed by atoms with Gasteiger partial charge in [-0.15, -0.1) is 0 Å². The summed E-state index contributed by atoms with van der Waals surface area (Å²) in [6.07, 6.45) is 0. The van der Waals surface area contributed by atoms with Gasteiger partial charge in [-0.25, -0.2) is 4.39 Å². The van der Waals surface area contributed by atoms with Crippen LogP contribution >= 0.6 is 0 Å². The smallest absolute Gasteiger partial charge is 0.123 e. The molecule has 0 aliphatic carbocycles. The van der Waals surface area contributed by atoms with E-state index >= 15 is 0 Å². The van der Waals surface area contributed by atoms with Crippen molar-refractivity contribution in [3.05, 3.63) is 181 Å². The van der Waals surface area contributed by atoms with Crippen LogP contribution in [-0.4, -0.2) is 9.13 Å². The van der Waals surface area contributed by atoms with Crippen LogP contribution in [0.2, 0.25) is 0 Å². The molecule has 0 fully saturated rings. The maximum absolute atomic E-state index is 13.3. The fourth-order valence-electron chi connectivity index (χ4n) is 6.03. The lowest BCUT2D eigenvalue weighted by Gasteiger charge is -2.12. The van der Waals surface area contributed by atoms with Gasteiger partial charge in [0.2, 0.25) is 0 Å². The average Bonchev–Trinajstić information content (AvgIpc) is 3.62. The molecule has 0 aliphatic heterocycles. The number of para-hydroxylation sites is 4. The van der Waals surface area contributed by atoms with Gasteiger partial charge in [-0.3, -0.25) is 0 Å².